The van der Waals surface area contributed by atoms with E-state index in [0.717, 1.165) is 27.9 Å². The van der Waals surface area contributed by atoms with Crippen molar-refractivity contribution >= 4 is 43.7 Å². The second kappa shape index (κ2) is 14.8. The minimum absolute atomic E-state index is 0.627. The van der Waals surface area contributed by atoms with Crippen molar-refractivity contribution in [1.82, 2.24) is 9.55 Å². The number of rotatable bonds is 7. The summed E-state index contributed by atoms with van der Waals surface area (Å²) in [5.74, 6) is 0.627. The van der Waals surface area contributed by atoms with Crippen molar-refractivity contribution in [3.8, 4) is 72.8 Å². The summed E-state index contributed by atoms with van der Waals surface area (Å²) < 4.78 is 8.49. The molecule has 0 bridgehead atoms. The second-order valence-electron chi connectivity index (χ2n) is 15.9. The number of benzene rings is 10. The van der Waals surface area contributed by atoms with Crippen LogP contribution < -0.4 is 0 Å². The lowest BCUT2D eigenvalue weighted by Crippen LogP contribution is -1.93. The van der Waals surface area contributed by atoms with E-state index in [4.69, 9.17) is 9.40 Å². The molecule has 62 heavy (non-hydrogen) atoms. The lowest BCUT2D eigenvalue weighted by molar-refractivity contribution is 0.620. The van der Waals surface area contributed by atoms with Crippen LogP contribution in [0, 0.1) is 0 Å². The molecule has 12 rings (SSSR count). The highest BCUT2D eigenvalue weighted by Gasteiger charge is 2.18. The summed E-state index contributed by atoms with van der Waals surface area (Å²) in [6.07, 6.45) is 0. The first kappa shape index (κ1) is 35.7. The average Bonchev–Trinajstić information content (AvgIpc) is 3.93. The van der Waals surface area contributed by atoms with E-state index in [1.807, 2.05) is 24.3 Å². The van der Waals surface area contributed by atoms with Crippen molar-refractivity contribution in [2.75, 3.05) is 0 Å². The molecule has 0 saturated heterocycles. The van der Waals surface area contributed by atoms with E-state index in [9.17, 15) is 0 Å². The zero-order chi connectivity index (χ0) is 41.0. The van der Waals surface area contributed by atoms with Gasteiger partial charge >= 0.3 is 0 Å². The highest BCUT2D eigenvalue weighted by atomic mass is 16.3. The fourth-order valence-electron chi connectivity index (χ4n) is 9.27. The van der Waals surface area contributed by atoms with Gasteiger partial charge in [-0.15, -0.1) is 0 Å². The molecular weight excluding hydrogens is 753 g/mol. The Labute approximate surface area is 359 Å². The quantitative estimate of drug-likeness (QED) is 0.161. The smallest absolute Gasteiger partial charge is 0.227 e. The van der Waals surface area contributed by atoms with Gasteiger partial charge in [-0.05, 0) is 127 Å². The van der Waals surface area contributed by atoms with Crippen molar-refractivity contribution in [3.63, 3.8) is 0 Å². The molecule has 0 aliphatic rings. The van der Waals surface area contributed by atoms with E-state index in [0.29, 0.717) is 5.89 Å². The molecule has 0 spiro atoms. The Morgan fingerprint density at radius 1 is 0.323 bits per heavy atom. The van der Waals surface area contributed by atoms with Crippen LogP contribution in [0.5, 0.6) is 0 Å². The third-order valence-electron chi connectivity index (χ3n) is 12.3. The molecule has 0 aliphatic carbocycles. The summed E-state index contributed by atoms with van der Waals surface area (Å²) in [6, 6.07) is 82.7. The summed E-state index contributed by atoms with van der Waals surface area (Å²) in [6.45, 7) is 0. The van der Waals surface area contributed by atoms with E-state index >= 15 is 0 Å². The number of fused-ring (bicyclic) bond motifs is 5. The minimum Gasteiger partial charge on any atom is -0.436 e. The molecular formula is C59H38N2O. The zero-order valence-electron chi connectivity index (χ0n) is 33.7. The Kier molecular flexibility index (Phi) is 8.50. The summed E-state index contributed by atoms with van der Waals surface area (Å²) in [7, 11) is 0. The van der Waals surface area contributed by atoms with Crippen LogP contribution in [0.4, 0.5) is 0 Å². The van der Waals surface area contributed by atoms with E-state index in [1.54, 1.807) is 0 Å². The topological polar surface area (TPSA) is 31.0 Å². The number of oxazole rings is 1. The van der Waals surface area contributed by atoms with E-state index in [2.05, 4.69) is 211 Å². The largest absolute Gasteiger partial charge is 0.436 e. The Morgan fingerprint density at radius 3 is 1.55 bits per heavy atom. The summed E-state index contributed by atoms with van der Waals surface area (Å²) in [5.41, 5.74) is 18.0. The van der Waals surface area contributed by atoms with Crippen LogP contribution in [0.2, 0.25) is 0 Å². The van der Waals surface area contributed by atoms with Gasteiger partial charge in [0.1, 0.15) is 5.52 Å². The number of hydrogen-bond acceptors (Lipinski definition) is 2. The van der Waals surface area contributed by atoms with E-state index in [1.165, 1.54) is 82.6 Å². The van der Waals surface area contributed by atoms with Crippen molar-refractivity contribution < 1.29 is 4.42 Å². The summed E-state index contributed by atoms with van der Waals surface area (Å²) in [5, 5.41) is 4.96. The van der Waals surface area contributed by atoms with Gasteiger partial charge in [-0.25, -0.2) is 4.98 Å². The number of aromatic nitrogens is 2. The molecule has 2 aromatic heterocycles. The molecule has 0 amide bonds. The van der Waals surface area contributed by atoms with Gasteiger partial charge in [0, 0.05) is 22.0 Å². The highest BCUT2D eigenvalue weighted by Crippen LogP contribution is 2.42. The monoisotopic (exact) mass is 790 g/mol. The highest BCUT2D eigenvalue weighted by molar-refractivity contribution is 6.12. The zero-order valence-corrected chi connectivity index (χ0v) is 33.7. The van der Waals surface area contributed by atoms with Gasteiger partial charge in [-0.1, -0.05) is 170 Å². The van der Waals surface area contributed by atoms with Crippen LogP contribution in [-0.4, -0.2) is 9.55 Å². The van der Waals surface area contributed by atoms with Gasteiger partial charge in [-0.2, -0.15) is 0 Å². The van der Waals surface area contributed by atoms with Crippen LogP contribution in [0.25, 0.3) is 116 Å². The molecule has 0 N–H and O–H groups in total. The van der Waals surface area contributed by atoms with E-state index < -0.39 is 0 Å². The van der Waals surface area contributed by atoms with Gasteiger partial charge in [0.05, 0.1) is 11.0 Å². The third kappa shape index (κ3) is 6.10. The van der Waals surface area contributed by atoms with Gasteiger partial charge in [0.2, 0.25) is 5.89 Å². The molecule has 0 fully saturated rings. The Bertz CT molecular complexity index is 3580. The third-order valence-corrected chi connectivity index (χ3v) is 12.3. The molecule has 0 saturated carbocycles. The Balaban J connectivity index is 0.955. The normalized spacial score (nSPS) is 11.5. The molecule has 3 nitrogen and oxygen atoms in total. The maximum atomic E-state index is 6.09. The summed E-state index contributed by atoms with van der Waals surface area (Å²) in [4.78, 5) is 4.73. The van der Waals surface area contributed by atoms with Crippen molar-refractivity contribution in [2.24, 2.45) is 0 Å². The van der Waals surface area contributed by atoms with Crippen LogP contribution in [0.1, 0.15) is 0 Å². The van der Waals surface area contributed by atoms with Crippen molar-refractivity contribution in [3.05, 3.63) is 231 Å². The lowest BCUT2D eigenvalue weighted by atomic mass is 9.89. The fraction of sp³-hybridized carbons (Fsp3) is 0. The number of hydrogen-bond donors (Lipinski definition) is 0. The fourth-order valence-corrected chi connectivity index (χ4v) is 9.27. The number of para-hydroxylation sites is 3. The molecule has 3 heteroatoms. The Hall–Kier alpha value is -8.27. The van der Waals surface area contributed by atoms with Crippen LogP contribution in [0.3, 0.4) is 0 Å². The predicted molar refractivity (Wildman–Crippen MR) is 258 cm³/mol. The average molecular weight is 791 g/mol. The van der Waals surface area contributed by atoms with Crippen LogP contribution in [0.15, 0.2) is 235 Å². The predicted octanol–water partition coefficient (Wildman–Crippen LogP) is 16.1. The molecule has 2 heterocycles. The summed E-state index contributed by atoms with van der Waals surface area (Å²) >= 11 is 0. The Morgan fingerprint density at radius 2 is 0.823 bits per heavy atom. The molecule has 12 aromatic rings. The molecule has 10 aromatic carbocycles. The molecule has 290 valence electrons. The van der Waals surface area contributed by atoms with Crippen molar-refractivity contribution in [2.45, 2.75) is 0 Å². The second-order valence-corrected chi connectivity index (χ2v) is 15.9. The molecule has 0 unspecified atom stereocenters. The van der Waals surface area contributed by atoms with E-state index in [-0.39, 0.29) is 0 Å². The van der Waals surface area contributed by atoms with Gasteiger partial charge < -0.3 is 8.98 Å². The standard InChI is InChI=1S/C59H38N2O/c1-2-15-46(16-3-1)61-56-35-33-44(39-25-27-41(28-26-39)48-22-12-14-40-13-4-5-17-47(40)48)37-53(56)54-38-45(34-36-57(54)61)50-19-7-9-21-52(50)51-20-8-6-18-49(51)42-29-31-43(32-30-42)59-60-55-23-10-11-24-58(55)62-59/h1-38H. The van der Waals surface area contributed by atoms with Gasteiger partial charge in [0.15, 0.2) is 5.58 Å². The first-order valence-electron chi connectivity index (χ1n) is 21.1. The minimum atomic E-state index is 0.627. The first-order valence-corrected chi connectivity index (χ1v) is 21.1. The molecule has 0 aliphatic heterocycles. The number of nitrogens with zero attached hydrogens (tertiary/aromatic N) is 2. The van der Waals surface area contributed by atoms with Crippen molar-refractivity contribution in [1.29, 1.82) is 0 Å². The maximum absolute atomic E-state index is 6.09. The van der Waals surface area contributed by atoms with Gasteiger partial charge in [-0.3, -0.25) is 0 Å². The van der Waals surface area contributed by atoms with Crippen LogP contribution >= 0.6 is 0 Å². The maximum Gasteiger partial charge on any atom is 0.227 e. The first-order chi connectivity index (χ1) is 30.7. The molecule has 0 atom stereocenters. The lowest BCUT2D eigenvalue weighted by Gasteiger charge is -2.15. The van der Waals surface area contributed by atoms with Crippen LogP contribution in [-0.2, 0) is 0 Å². The van der Waals surface area contributed by atoms with Gasteiger partial charge in [0.25, 0.3) is 0 Å². The molecule has 0 radical (unpaired) electrons. The SMILES string of the molecule is c1ccc(-n2c3ccc(-c4ccc(-c5cccc6ccccc56)cc4)cc3c3cc(-c4ccccc4-c4ccccc4-c4ccc(-c5nc6ccccc6o5)cc4)ccc32)cc1.